The van der Waals surface area contributed by atoms with Crippen molar-refractivity contribution in [3.8, 4) is 0 Å². The highest BCUT2D eigenvalue weighted by Crippen LogP contribution is 2.30. The predicted molar refractivity (Wildman–Crippen MR) is 120 cm³/mol. The summed E-state index contributed by atoms with van der Waals surface area (Å²) in [5.41, 5.74) is 5.88. The number of aromatic amines is 1. The number of benzene rings is 2. The zero-order valence-electron chi connectivity index (χ0n) is 18.0. The van der Waals surface area contributed by atoms with Gasteiger partial charge in [-0.2, -0.15) is 0 Å². The summed E-state index contributed by atoms with van der Waals surface area (Å²) in [5.74, 6) is -0.428. The second-order valence-electron chi connectivity index (χ2n) is 8.20. The number of H-pyrrole nitrogens is 1. The molecule has 0 saturated carbocycles. The van der Waals surface area contributed by atoms with Gasteiger partial charge in [0.1, 0.15) is 0 Å². The van der Waals surface area contributed by atoms with Crippen LogP contribution >= 0.6 is 0 Å². The molecule has 1 aromatic heterocycles. The number of aryl methyl sites for hydroxylation is 1. The molecule has 2 N–H and O–H groups in total. The zero-order valence-corrected chi connectivity index (χ0v) is 18.0. The Labute approximate surface area is 185 Å². The average Bonchev–Trinajstić information content (AvgIpc) is 3.40. The predicted octanol–water partition coefficient (Wildman–Crippen LogP) is 2.99. The first-order valence-electron chi connectivity index (χ1n) is 10.6. The summed E-state index contributed by atoms with van der Waals surface area (Å²) in [6.45, 7) is 4.24. The van der Waals surface area contributed by atoms with Crippen molar-refractivity contribution in [2.45, 2.75) is 19.9 Å². The Morgan fingerprint density at radius 1 is 1.06 bits per heavy atom. The number of nitrogens with zero attached hydrogens (tertiary/aromatic N) is 2. The first-order valence-corrected chi connectivity index (χ1v) is 10.6. The molecule has 0 radical (unpaired) electrons. The third-order valence-electron chi connectivity index (χ3n) is 6.27. The number of anilines is 1. The van der Waals surface area contributed by atoms with E-state index in [-0.39, 0.29) is 17.9 Å². The number of rotatable bonds is 3. The number of esters is 1. The van der Waals surface area contributed by atoms with Crippen LogP contribution in [0.1, 0.15) is 37.5 Å². The van der Waals surface area contributed by atoms with Crippen molar-refractivity contribution in [2.75, 3.05) is 31.6 Å². The van der Waals surface area contributed by atoms with Crippen molar-refractivity contribution in [1.29, 1.82) is 0 Å². The number of hydrogen-bond donors (Lipinski definition) is 2. The maximum absolute atomic E-state index is 13.3. The van der Waals surface area contributed by atoms with E-state index in [4.69, 9.17) is 4.74 Å². The number of aromatic nitrogens is 1. The topological polar surface area (TPSA) is 94.7 Å². The molecule has 0 unspecified atom stereocenters. The quantitative estimate of drug-likeness (QED) is 0.622. The molecule has 3 amide bonds. The molecule has 8 heteroatoms. The SMILES string of the molecule is COC(=O)c1ccc2[nH]c3c(c2c1)CN(C(=O)c1ccc(N2CCNC2=O)c(C)c1)CC3. The Balaban J connectivity index is 1.41. The van der Waals surface area contributed by atoms with Crippen LogP contribution in [0.5, 0.6) is 0 Å². The minimum Gasteiger partial charge on any atom is -0.465 e. The lowest BCUT2D eigenvalue weighted by Crippen LogP contribution is -2.36. The number of urea groups is 1. The van der Waals surface area contributed by atoms with Gasteiger partial charge >= 0.3 is 12.0 Å². The van der Waals surface area contributed by atoms with E-state index in [9.17, 15) is 14.4 Å². The van der Waals surface area contributed by atoms with Crippen molar-refractivity contribution < 1.29 is 19.1 Å². The van der Waals surface area contributed by atoms with Gasteiger partial charge in [-0.05, 0) is 48.9 Å². The van der Waals surface area contributed by atoms with Crippen molar-refractivity contribution >= 4 is 34.5 Å². The Morgan fingerprint density at radius 2 is 1.88 bits per heavy atom. The highest BCUT2D eigenvalue weighted by atomic mass is 16.5. The maximum atomic E-state index is 13.3. The van der Waals surface area contributed by atoms with E-state index in [1.807, 2.05) is 36.1 Å². The van der Waals surface area contributed by atoms with E-state index >= 15 is 0 Å². The monoisotopic (exact) mass is 432 g/mol. The fourth-order valence-electron chi connectivity index (χ4n) is 4.61. The summed E-state index contributed by atoms with van der Waals surface area (Å²) in [7, 11) is 1.36. The van der Waals surface area contributed by atoms with E-state index in [0.717, 1.165) is 33.4 Å². The molecule has 0 aliphatic carbocycles. The third-order valence-corrected chi connectivity index (χ3v) is 6.27. The largest absolute Gasteiger partial charge is 0.465 e. The van der Waals surface area contributed by atoms with Crippen LogP contribution in [0.15, 0.2) is 36.4 Å². The summed E-state index contributed by atoms with van der Waals surface area (Å²) in [6.07, 6.45) is 0.717. The van der Waals surface area contributed by atoms with Crippen molar-refractivity contribution in [3.05, 3.63) is 64.3 Å². The second-order valence-corrected chi connectivity index (χ2v) is 8.20. The molecule has 32 heavy (non-hydrogen) atoms. The smallest absolute Gasteiger partial charge is 0.337 e. The molecular formula is C24H24N4O4. The Bertz CT molecular complexity index is 1260. The summed E-state index contributed by atoms with van der Waals surface area (Å²) in [6, 6.07) is 10.8. The molecule has 3 aromatic rings. The molecule has 0 atom stereocenters. The summed E-state index contributed by atoms with van der Waals surface area (Å²) in [5, 5.41) is 3.74. The first-order chi connectivity index (χ1) is 15.5. The van der Waals surface area contributed by atoms with Gasteiger partial charge in [-0.1, -0.05) is 0 Å². The first kappa shape index (κ1) is 20.1. The molecule has 2 aliphatic rings. The van der Waals surface area contributed by atoms with Crippen LogP contribution in [0.4, 0.5) is 10.5 Å². The van der Waals surface area contributed by atoms with Crippen LogP contribution in [-0.2, 0) is 17.7 Å². The van der Waals surface area contributed by atoms with Gasteiger partial charge in [0, 0.05) is 66.0 Å². The lowest BCUT2D eigenvalue weighted by atomic mass is 10.0. The highest BCUT2D eigenvalue weighted by Gasteiger charge is 2.27. The Kier molecular flexibility index (Phi) is 4.84. The normalized spacial score (nSPS) is 15.6. The third kappa shape index (κ3) is 3.28. The van der Waals surface area contributed by atoms with E-state index in [2.05, 4.69) is 10.3 Å². The molecule has 0 bridgehead atoms. The van der Waals surface area contributed by atoms with E-state index < -0.39 is 0 Å². The number of amides is 3. The van der Waals surface area contributed by atoms with E-state index in [0.29, 0.717) is 43.7 Å². The van der Waals surface area contributed by atoms with E-state index in [1.54, 1.807) is 17.0 Å². The molecule has 3 heterocycles. The lowest BCUT2D eigenvalue weighted by molar-refractivity contribution is 0.0600. The second kappa shape index (κ2) is 7.71. The van der Waals surface area contributed by atoms with Crippen LogP contribution in [0.2, 0.25) is 0 Å². The maximum Gasteiger partial charge on any atom is 0.337 e. The molecule has 0 spiro atoms. The lowest BCUT2D eigenvalue weighted by Gasteiger charge is -2.28. The van der Waals surface area contributed by atoms with Crippen LogP contribution in [-0.4, -0.2) is 54.5 Å². The van der Waals surface area contributed by atoms with Gasteiger partial charge in [0.2, 0.25) is 0 Å². The minimum atomic E-state index is -0.382. The van der Waals surface area contributed by atoms with Crippen LogP contribution in [0.25, 0.3) is 10.9 Å². The van der Waals surface area contributed by atoms with Gasteiger partial charge in [-0.15, -0.1) is 0 Å². The molecular weight excluding hydrogens is 408 g/mol. The van der Waals surface area contributed by atoms with Gasteiger partial charge in [0.05, 0.1) is 12.7 Å². The van der Waals surface area contributed by atoms with Crippen molar-refractivity contribution in [2.24, 2.45) is 0 Å². The van der Waals surface area contributed by atoms with Gasteiger partial charge in [-0.3, -0.25) is 9.69 Å². The van der Waals surface area contributed by atoms with Crippen LogP contribution in [0.3, 0.4) is 0 Å². The number of hydrogen-bond acceptors (Lipinski definition) is 4. The number of carbonyl (C=O) groups is 3. The molecule has 1 fully saturated rings. The minimum absolute atomic E-state index is 0.0466. The molecule has 2 aliphatic heterocycles. The van der Waals surface area contributed by atoms with Crippen molar-refractivity contribution in [1.82, 2.24) is 15.2 Å². The number of nitrogens with one attached hydrogen (secondary N) is 2. The van der Waals surface area contributed by atoms with Gasteiger partial charge in [-0.25, -0.2) is 9.59 Å². The van der Waals surface area contributed by atoms with Gasteiger partial charge in [0.15, 0.2) is 0 Å². The van der Waals surface area contributed by atoms with Crippen LogP contribution < -0.4 is 10.2 Å². The Morgan fingerprint density at radius 3 is 2.59 bits per heavy atom. The number of fused-ring (bicyclic) bond motifs is 3. The Hall–Kier alpha value is -3.81. The highest BCUT2D eigenvalue weighted by molar-refractivity contribution is 5.99. The van der Waals surface area contributed by atoms with E-state index in [1.165, 1.54) is 7.11 Å². The molecule has 8 nitrogen and oxygen atoms in total. The fraction of sp³-hybridized carbons (Fsp3) is 0.292. The van der Waals surface area contributed by atoms with Gasteiger partial charge in [0.25, 0.3) is 5.91 Å². The molecule has 2 aromatic carbocycles. The summed E-state index contributed by atoms with van der Waals surface area (Å²) < 4.78 is 4.85. The van der Waals surface area contributed by atoms with Gasteiger partial charge < -0.3 is 19.9 Å². The summed E-state index contributed by atoms with van der Waals surface area (Å²) >= 11 is 0. The fourth-order valence-corrected chi connectivity index (χ4v) is 4.61. The molecule has 164 valence electrons. The van der Waals surface area contributed by atoms with Crippen molar-refractivity contribution in [3.63, 3.8) is 0 Å². The number of methoxy groups -OCH3 is 1. The number of ether oxygens (including phenoxy) is 1. The molecule has 5 rings (SSSR count). The molecule has 1 saturated heterocycles. The summed E-state index contributed by atoms with van der Waals surface area (Å²) in [4.78, 5) is 44.2. The number of carbonyl (C=O) groups excluding carboxylic acids is 3. The average molecular weight is 432 g/mol. The van der Waals surface area contributed by atoms with Crippen LogP contribution in [0, 0.1) is 6.92 Å². The standard InChI is InChI=1S/C24H24N4O4/c1-14-11-15(4-6-21(14)28-10-8-25-24(28)31)22(29)27-9-7-20-18(13-27)17-12-16(23(30)32-2)3-5-19(17)26-20/h3-6,11-12,26H,7-10,13H2,1-2H3,(H,25,31). The zero-order chi connectivity index (χ0) is 22.4.